The van der Waals surface area contributed by atoms with Crippen LogP contribution in [-0.4, -0.2) is 39.3 Å². The molecule has 1 aliphatic heterocycles. The first-order valence-electron chi connectivity index (χ1n) is 9.83. The summed E-state index contributed by atoms with van der Waals surface area (Å²) in [5, 5.41) is 10.9. The first-order chi connectivity index (χ1) is 13.7. The van der Waals surface area contributed by atoms with E-state index in [1.54, 1.807) is 6.20 Å². The highest BCUT2D eigenvalue weighted by atomic mass is 35.5. The Morgan fingerprint density at radius 1 is 1.07 bits per heavy atom. The number of aliphatic hydroxyl groups is 1. The molecule has 1 fully saturated rings. The van der Waals surface area contributed by atoms with Gasteiger partial charge in [0.1, 0.15) is 5.82 Å². The highest BCUT2D eigenvalue weighted by Crippen LogP contribution is 2.34. The molecule has 1 N–H and O–H groups in total. The van der Waals surface area contributed by atoms with Gasteiger partial charge in [-0.1, -0.05) is 41.9 Å². The van der Waals surface area contributed by atoms with E-state index in [4.69, 9.17) is 11.6 Å². The molecule has 3 aromatic rings. The lowest BCUT2D eigenvalue weighted by atomic mass is 9.75. The number of nitrogens with zero attached hydrogens (tertiary/aromatic N) is 3. The Balaban J connectivity index is 1.50. The quantitative estimate of drug-likeness (QED) is 0.674. The Morgan fingerprint density at radius 2 is 1.93 bits per heavy atom. The minimum absolute atomic E-state index is 0.0739. The molecule has 0 spiro atoms. The Kier molecular flexibility index (Phi) is 5.81. The molecule has 1 aliphatic rings. The van der Waals surface area contributed by atoms with E-state index in [0.717, 1.165) is 44.7 Å². The highest BCUT2D eigenvalue weighted by Gasteiger charge is 2.35. The fraction of sp³-hybridized carbons (Fsp3) is 0.348. The van der Waals surface area contributed by atoms with Gasteiger partial charge in [0.2, 0.25) is 0 Å². The number of benzene rings is 1. The first kappa shape index (κ1) is 19.2. The summed E-state index contributed by atoms with van der Waals surface area (Å²) in [6.45, 7) is 3.01. The second-order valence-electron chi connectivity index (χ2n) is 7.84. The zero-order valence-electron chi connectivity index (χ0n) is 16.0. The van der Waals surface area contributed by atoms with E-state index >= 15 is 0 Å². The van der Waals surface area contributed by atoms with Gasteiger partial charge in [0.15, 0.2) is 0 Å². The lowest BCUT2D eigenvalue weighted by Crippen LogP contribution is -2.46. The third kappa shape index (κ3) is 4.30. The van der Waals surface area contributed by atoms with Crippen molar-refractivity contribution in [3.05, 3.63) is 83.3 Å². The molecule has 1 saturated heterocycles. The minimum Gasteiger partial charge on any atom is -0.396 e. The second kappa shape index (κ2) is 8.48. The van der Waals surface area contributed by atoms with Gasteiger partial charge in [-0.2, -0.15) is 0 Å². The van der Waals surface area contributed by atoms with Crippen molar-refractivity contribution in [2.45, 2.75) is 25.8 Å². The molecule has 0 bridgehead atoms. The van der Waals surface area contributed by atoms with Crippen molar-refractivity contribution in [2.75, 3.05) is 19.7 Å². The fourth-order valence-electron chi connectivity index (χ4n) is 4.31. The predicted molar refractivity (Wildman–Crippen MR) is 113 cm³/mol. The van der Waals surface area contributed by atoms with Crippen molar-refractivity contribution in [1.29, 1.82) is 0 Å². The minimum atomic E-state index is -0.0739. The van der Waals surface area contributed by atoms with Gasteiger partial charge < -0.3 is 9.67 Å². The maximum atomic E-state index is 10.3. The molecule has 146 valence electrons. The summed E-state index contributed by atoms with van der Waals surface area (Å²) in [5.74, 6) is 0.874. The summed E-state index contributed by atoms with van der Waals surface area (Å²) >= 11 is 5.98. The summed E-state index contributed by atoms with van der Waals surface area (Å²) in [6, 6.07) is 18.5. The van der Waals surface area contributed by atoms with Crippen molar-refractivity contribution in [3.8, 4) is 5.82 Å². The number of pyridine rings is 1. The monoisotopic (exact) mass is 395 g/mol. The number of likely N-dealkylation sites (tertiary alicyclic amines) is 1. The maximum Gasteiger partial charge on any atom is 0.136 e. The number of hydrogen-bond donors (Lipinski definition) is 1. The number of aliphatic hydroxyl groups excluding tert-OH is 1. The van der Waals surface area contributed by atoms with E-state index in [-0.39, 0.29) is 12.0 Å². The van der Waals surface area contributed by atoms with Gasteiger partial charge in [-0.25, -0.2) is 4.98 Å². The van der Waals surface area contributed by atoms with Gasteiger partial charge in [-0.05, 0) is 55.6 Å². The molecular formula is C23H26ClN3O. The second-order valence-corrected chi connectivity index (χ2v) is 8.28. The zero-order chi connectivity index (χ0) is 19.4. The smallest absolute Gasteiger partial charge is 0.136 e. The molecule has 5 heteroatoms. The van der Waals surface area contributed by atoms with Crippen LogP contribution in [0.15, 0.2) is 67.0 Å². The number of halogens is 1. The van der Waals surface area contributed by atoms with Crippen LogP contribution in [0.2, 0.25) is 5.02 Å². The van der Waals surface area contributed by atoms with E-state index < -0.39 is 0 Å². The SMILES string of the molecule is OCC1(Cc2ccccc2)CCCN(Cc2cccn2-c2ccc(Cl)cn2)C1. The van der Waals surface area contributed by atoms with Crippen molar-refractivity contribution < 1.29 is 5.11 Å². The summed E-state index contributed by atoms with van der Waals surface area (Å²) in [6.07, 6.45) is 6.81. The van der Waals surface area contributed by atoms with Crippen molar-refractivity contribution >= 4 is 11.6 Å². The summed E-state index contributed by atoms with van der Waals surface area (Å²) < 4.78 is 2.11. The van der Waals surface area contributed by atoms with Gasteiger partial charge in [0.05, 0.1) is 11.6 Å². The molecule has 2 aromatic heterocycles. The van der Waals surface area contributed by atoms with Crippen LogP contribution >= 0.6 is 11.6 Å². The molecule has 0 amide bonds. The van der Waals surface area contributed by atoms with Crippen LogP contribution in [-0.2, 0) is 13.0 Å². The summed E-state index contributed by atoms with van der Waals surface area (Å²) in [5.41, 5.74) is 2.42. The predicted octanol–water partition coefficient (Wildman–Crippen LogP) is 4.34. The standard InChI is InChI=1S/C23H26ClN3O/c24-20-9-10-22(25-15-20)27-13-4-8-21(27)16-26-12-5-11-23(17-26,18-28)14-19-6-2-1-3-7-19/h1-4,6-10,13,15,28H,5,11-12,14,16-18H2. The Hall–Kier alpha value is -2.14. The Labute approximate surface area is 171 Å². The molecule has 1 atom stereocenters. The molecule has 0 aliphatic carbocycles. The van der Waals surface area contributed by atoms with Crippen LogP contribution in [0, 0.1) is 5.41 Å². The van der Waals surface area contributed by atoms with E-state index in [9.17, 15) is 5.11 Å². The first-order valence-corrected chi connectivity index (χ1v) is 10.2. The maximum absolute atomic E-state index is 10.3. The molecule has 3 heterocycles. The largest absolute Gasteiger partial charge is 0.396 e. The van der Waals surface area contributed by atoms with E-state index in [0.29, 0.717) is 5.02 Å². The van der Waals surface area contributed by atoms with Crippen molar-refractivity contribution in [2.24, 2.45) is 5.41 Å². The fourth-order valence-corrected chi connectivity index (χ4v) is 4.42. The van der Waals surface area contributed by atoms with Crippen LogP contribution in [0.3, 0.4) is 0 Å². The number of aromatic nitrogens is 2. The van der Waals surface area contributed by atoms with Crippen molar-refractivity contribution in [3.63, 3.8) is 0 Å². The molecule has 0 saturated carbocycles. The van der Waals surface area contributed by atoms with Crippen LogP contribution in [0.1, 0.15) is 24.1 Å². The molecule has 1 unspecified atom stereocenters. The number of piperidine rings is 1. The highest BCUT2D eigenvalue weighted by molar-refractivity contribution is 6.30. The van der Waals surface area contributed by atoms with E-state index in [2.05, 4.69) is 50.8 Å². The molecule has 0 radical (unpaired) electrons. The van der Waals surface area contributed by atoms with Gasteiger partial charge >= 0.3 is 0 Å². The molecule has 4 rings (SSSR count). The van der Waals surface area contributed by atoms with E-state index in [1.165, 1.54) is 11.3 Å². The lowest BCUT2D eigenvalue weighted by Gasteiger charge is -2.42. The average Bonchev–Trinajstić information content (AvgIpc) is 3.17. The van der Waals surface area contributed by atoms with Gasteiger partial charge in [-0.3, -0.25) is 4.90 Å². The van der Waals surface area contributed by atoms with Crippen LogP contribution in [0.25, 0.3) is 5.82 Å². The van der Waals surface area contributed by atoms with Crippen LogP contribution in [0.4, 0.5) is 0 Å². The van der Waals surface area contributed by atoms with Gasteiger partial charge in [0.25, 0.3) is 0 Å². The van der Waals surface area contributed by atoms with Crippen molar-refractivity contribution in [1.82, 2.24) is 14.5 Å². The summed E-state index contributed by atoms with van der Waals surface area (Å²) in [4.78, 5) is 6.91. The van der Waals surface area contributed by atoms with Gasteiger partial charge in [0, 0.05) is 36.6 Å². The number of hydrogen-bond acceptors (Lipinski definition) is 3. The Bertz CT molecular complexity index is 894. The summed E-state index contributed by atoms with van der Waals surface area (Å²) in [7, 11) is 0. The topological polar surface area (TPSA) is 41.3 Å². The van der Waals surface area contributed by atoms with Crippen LogP contribution < -0.4 is 0 Å². The third-order valence-corrected chi connectivity index (χ3v) is 5.90. The normalized spacial score (nSPS) is 20.4. The third-order valence-electron chi connectivity index (χ3n) is 5.68. The Morgan fingerprint density at radius 3 is 2.68 bits per heavy atom. The molecular weight excluding hydrogens is 370 g/mol. The average molecular weight is 396 g/mol. The molecule has 4 nitrogen and oxygen atoms in total. The molecule has 28 heavy (non-hydrogen) atoms. The van der Waals surface area contributed by atoms with Gasteiger partial charge in [-0.15, -0.1) is 0 Å². The lowest BCUT2D eigenvalue weighted by molar-refractivity contribution is 0.0281. The van der Waals surface area contributed by atoms with Crippen LogP contribution in [0.5, 0.6) is 0 Å². The van der Waals surface area contributed by atoms with E-state index in [1.807, 2.05) is 24.4 Å². The zero-order valence-corrected chi connectivity index (χ0v) is 16.7. The molecule has 1 aromatic carbocycles. The number of rotatable bonds is 6.